The van der Waals surface area contributed by atoms with Gasteiger partial charge in [-0.05, 0) is 69.4 Å². The Morgan fingerprint density at radius 3 is 2.45 bits per heavy atom. The number of para-hydroxylation sites is 1. The van der Waals surface area contributed by atoms with E-state index in [4.69, 9.17) is 21.1 Å². The lowest BCUT2D eigenvalue weighted by atomic mass is 9.49. The SMILES string of the molecule is CCOC(=O)c1ccccc1NC(=O)COC(=O)C12C[C@@H]3C[C@@H](CC(Cl)(C3)C1)C2. The van der Waals surface area contributed by atoms with Gasteiger partial charge in [0.25, 0.3) is 5.91 Å². The average Bonchev–Trinajstić information content (AvgIpc) is 2.64. The quantitative estimate of drug-likeness (QED) is 0.558. The number of alkyl halides is 1. The van der Waals surface area contributed by atoms with E-state index in [0.29, 0.717) is 23.9 Å². The fraction of sp³-hybridized carbons (Fsp3) is 0.591. The van der Waals surface area contributed by atoms with E-state index in [0.717, 1.165) is 32.1 Å². The summed E-state index contributed by atoms with van der Waals surface area (Å²) in [5, 5.41) is 2.64. The number of benzene rings is 1. The third-order valence-electron chi connectivity index (χ3n) is 6.45. The summed E-state index contributed by atoms with van der Waals surface area (Å²) < 4.78 is 10.4. The van der Waals surface area contributed by atoms with E-state index in [1.165, 1.54) is 0 Å². The van der Waals surface area contributed by atoms with Gasteiger partial charge in [0.15, 0.2) is 6.61 Å². The molecule has 7 heteroatoms. The molecule has 29 heavy (non-hydrogen) atoms. The summed E-state index contributed by atoms with van der Waals surface area (Å²) in [4.78, 5) is 37.0. The van der Waals surface area contributed by atoms with Crippen molar-refractivity contribution >= 4 is 35.1 Å². The first kappa shape index (κ1) is 20.2. The maximum atomic E-state index is 12.9. The molecule has 1 amide bonds. The lowest BCUT2D eigenvalue weighted by Crippen LogP contribution is -2.56. The van der Waals surface area contributed by atoms with Gasteiger partial charge in [-0.15, -0.1) is 11.6 Å². The Bertz CT molecular complexity index is 824. The van der Waals surface area contributed by atoms with Crippen LogP contribution in [0.1, 0.15) is 55.8 Å². The molecule has 4 fully saturated rings. The van der Waals surface area contributed by atoms with E-state index in [-0.39, 0.29) is 29.6 Å². The Hall–Kier alpha value is -2.08. The van der Waals surface area contributed by atoms with Crippen LogP contribution in [0.3, 0.4) is 0 Å². The summed E-state index contributed by atoms with van der Waals surface area (Å²) in [6.45, 7) is 1.57. The van der Waals surface area contributed by atoms with Crippen LogP contribution >= 0.6 is 11.6 Å². The zero-order valence-corrected chi connectivity index (χ0v) is 17.3. The molecule has 0 heterocycles. The zero-order chi connectivity index (χ0) is 20.6. The first-order valence-corrected chi connectivity index (χ1v) is 10.6. The molecule has 1 aromatic rings. The van der Waals surface area contributed by atoms with Crippen LogP contribution in [0.5, 0.6) is 0 Å². The lowest BCUT2D eigenvalue weighted by Gasteiger charge is -2.58. The summed E-state index contributed by atoms with van der Waals surface area (Å²) in [6, 6.07) is 6.59. The number of carbonyl (C=O) groups is 3. The smallest absolute Gasteiger partial charge is 0.340 e. The van der Waals surface area contributed by atoms with Crippen molar-refractivity contribution in [2.45, 2.75) is 50.3 Å². The van der Waals surface area contributed by atoms with Crippen molar-refractivity contribution in [3.8, 4) is 0 Å². The van der Waals surface area contributed by atoms with E-state index in [9.17, 15) is 14.4 Å². The second-order valence-corrected chi connectivity index (χ2v) is 9.58. The summed E-state index contributed by atoms with van der Waals surface area (Å²) in [6.07, 6.45) is 5.36. The Kier molecular flexibility index (Phi) is 5.32. The number of hydrogen-bond donors (Lipinski definition) is 1. The van der Waals surface area contributed by atoms with Crippen LogP contribution in [0.15, 0.2) is 24.3 Å². The number of nitrogens with one attached hydrogen (secondary N) is 1. The van der Waals surface area contributed by atoms with Crippen LogP contribution in [-0.2, 0) is 19.1 Å². The number of ether oxygens (including phenoxy) is 2. The van der Waals surface area contributed by atoms with E-state index in [2.05, 4.69) is 5.32 Å². The molecule has 2 unspecified atom stereocenters. The number of carbonyl (C=O) groups excluding carboxylic acids is 3. The van der Waals surface area contributed by atoms with Crippen molar-refractivity contribution in [1.29, 1.82) is 0 Å². The fourth-order valence-corrected chi connectivity index (χ4v) is 6.53. The van der Waals surface area contributed by atoms with Gasteiger partial charge in [0, 0.05) is 4.87 Å². The molecule has 0 aromatic heterocycles. The number of hydrogen-bond acceptors (Lipinski definition) is 5. The Labute approximate surface area is 175 Å². The van der Waals surface area contributed by atoms with E-state index < -0.39 is 17.3 Å². The van der Waals surface area contributed by atoms with Gasteiger partial charge in [-0.25, -0.2) is 4.79 Å². The predicted molar refractivity (Wildman–Crippen MR) is 108 cm³/mol. The minimum atomic E-state index is -0.547. The molecule has 156 valence electrons. The third-order valence-corrected chi connectivity index (χ3v) is 6.90. The van der Waals surface area contributed by atoms with Crippen molar-refractivity contribution in [3.63, 3.8) is 0 Å². The summed E-state index contributed by atoms with van der Waals surface area (Å²) in [5.41, 5.74) is 0.0512. The summed E-state index contributed by atoms with van der Waals surface area (Å²) in [5.74, 6) is -0.356. The van der Waals surface area contributed by atoms with Gasteiger partial charge >= 0.3 is 11.9 Å². The van der Waals surface area contributed by atoms with Crippen molar-refractivity contribution in [2.75, 3.05) is 18.5 Å². The van der Waals surface area contributed by atoms with Crippen LogP contribution in [-0.4, -0.2) is 35.9 Å². The summed E-state index contributed by atoms with van der Waals surface area (Å²) in [7, 11) is 0. The molecule has 0 spiro atoms. The number of rotatable bonds is 6. The van der Waals surface area contributed by atoms with Crippen LogP contribution in [0.4, 0.5) is 5.69 Å². The molecule has 1 N–H and O–H groups in total. The first-order valence-electron chi connectivity index (χ1n) is 10.2. The molecule has 0 aliphatic heterocycles. The monoisotopic (exact) mass is 419 g/mol. The van der Waals surface area contributed by atoms with Gasteiger partial charge < -0.3 is 14.8 Å². The van der Waals surface area contributed by atoms with Crippen molar-refractivity contribution in [2.24, 2.45) is 17.3 Å². The lowest BCUT2D eigenvalue weighted by molar-refractivity contribution is -0.171. The van der Waals surface area contributed by atoms with Crippen molar-refractivity contribution in [3.05, 3.63) is 29.8 Å². The van der Waals surface area contributed by atoms with Crippen LogP contribution in [0.2, 0.25) is 0 Å². The minimum absolute atomic E-state index is 0.241. The van der Waals surface area contributed by atoms with Gasteiger partial charge in [0.05, 0.1) is 23.3 Å². The number of amides is 1. The number of anilines is 1. The highest BCUT2D eigenvalue weighted by molar-refractivity contribution is 6.24. The highest BCUT2D eigenvalue weighted by atomic mass is 35.5. The molecule has 4 saturated carbocycles. The molecular formula is C22H26ClNO5. The molecule has 5 rings (SSSR count). The maximum Gasteiger partial charge on any atom is 0.340 e. The van der Waals surface area contributed by atoms with Gasteiger partial charge in [0.1, 0.15) is 0 Å². The highest BCUT2D eigenvalue weighted by Gasteiger charge is 2.60. The largest absolute Gasteiger partial charge is 0.462 e. The van der Waals surface area contributed by atoms with E-state index in [1.807, 2.05) is 0 Å². The normalized spacial score (nSPS) is 31.9. The number of esters is 2. The molecule has 0 radical (unpaired) electrons. The Balaban J connectivity index is 1.37. The fourth-order valence-electron chi connectivity index (χ4n) is 5.84. The molecule has 4 aliphatic carbocycles. The highest BCUT2D eigenvalue weighted by Crippen LogP contribution is 2.64. The van der Waals surface area contributed by atoms with Crippen LogP contribution in [0, 0.1) is 17.3 Å². The molecular weight excluding hydrogens is 394 g/mol. The molecule has 0 saturated heterocycles. The van der Waals surface area contributed by atoms with E-state index in [1.54, 1.807) is 31.2 Å². The van der Waals surface area contributed by atoms with Crippen molar-refractivity contribution < 1.29 is 23.9 Å². The van der Waals surface area contributed by atoms with Gasteiger partial charge in [-0.3, -0.25) is 9.59 Å². The molecule has 6 nitrogen and oxygen atoms in total. The van der Waals surface area contributed by atoms with Gasteiger partial charge in [-0.1, -0.05) is 12.1 Å². The topological polar surface area (TPSA) is 81.7 Å². The van der Waals surface area contributed by atoms with Crippen molar-refractivity contribution in [1.82, 2.24) is 0 Å². The van der Waals surface area contributed by atoms with Gasteiger partial charge in [-0.2, -0.15) is 0 Å². The predicted octanol–water partition coefficient (Wildman–Crippen LogP) is 3.92. The Morgan fingerprint density at radius 1 is 1.10 bits per heavy atom. The van der Waals surface area contributed by atoms with E-state index >= 15 is 0 Å². The summed E-state index contributed by atoms with van der Waals surface area (Å²) >= 11 is 6.78. The molecule has 4 aliphatic rings. The molecule has 1 aromatic carbocycles. The maximum absolute atomic E-state index is 12.9. The third kappa shape index (κ3) is 4.00. The number of halogens is 1. The standard InChI is InChI=1S/C22H26ClNO5/c1-2-28-19(26)16-5-3-4-6-17(16)24-18(25)12-29-20(27)21-8-14-7-15(9-21)11-22(23,10-14)13-21/h3-6,14-15H,2,7-13H2,1H3,(H,24,25)/t14-,15+,21?,22?. The molecule has 4 atom stereocenters. The second-order valence-electron chi connectivity index (χ2n) is 8.78. The zero-order valence-electron chi connectivity index (χ0n) is 16.5. The van der Waals surface area contributed by atoms with Gasteiger partial charge in [0.2, 0.25) is 0 Å². The van der Waals surface area contributed by atoms with Crippen LogP contribution < -0.4 is 5.32 Å². The minimum Gasteiger partial charge on any atom is -0.462 e. The molecule has 4 bridgehead atoms. The van der Waals surface area contributed by atoms with Crippen LogP contribution in [0.25, 0.3) is 0 Å². The first-order chi connectivity index (χ1) is 13.8. The average molecular weight is 420 g/mol. The Morgan fingerprint density at radius 2 is 1.79 bits per heavy atom. The second kappa shape index (κ2) is 7.63.